The van der Waals surface area contributed by atoms with Crippen LogP contribution in [-0.4, -0.2) is 92.5 Å². The number of aromatic amines is 1. The number of H-pyrrole nitrogens is 1. The van der Waals surface area contributed by atoms with Gasteiger partial charge in [-0.1, -0.05) is 13.8 Å². The van der Waals surface area contributed by atoms with Gasteiger partial charge in [0.05, 0.1) is 18.0 Å². The summed E-state index contributed by atoms with van der Waals surface area (Å²) < 4.78 is 5.40. The van der Waals surface area contributed by atoms with E-state index in [1.807, 2.05) is 12.3 Å². The second-order valence-corrected chi connectivity index (χ2v) is 8.40. The van der Waals surface area contributed by atoms with Crippen LogP contribution in [0.15, 0.2) is 48.7 Å². The normalized spacial score (nSPS) is 10.8. The smallest absolute Gasteiger partial charge is 0.328 e. The molecule has 3 rings (SSSR count). The number of nitrogens with zero attached hydrogens (tertiary/aromatic N) is 2. The van der Waals surface area contributed by atoms with E-state index in [9.17, 15) is 19.2 Å². The molecule has 0 saturated heterocycles. The first kappa shape index (κ1) is 34.1. The number of methoxy groups -OCH3 is 1. The number of aromatic nitrogens is 2. The van der Waals surface area contributed by atoms with Crippen LogP contribution in [0, 0.1) is 6.92 Å². The van der Waals surface area contributed by atoms with Crippen molar-refractivity contribution in [3.05, 3.63) is 54.3 Å². The molecule has 0 aliphatic carbocycles. The Kier molecular flexibility index (Phi) is 14.7. The average molecular weight is 573 g/mol. The minimum atomic E-state index is -1.26. The van der Waals surface area contributed by atoms with Gasteiger partial charge >= 0.3 is 23.9 Å². The van der Waals surface area contributed by atoms with Crippen LogP contribution in [0.25, 0.3) is 21.8 Å². The van der Waals surface area contributed by atoms with Gasteiger partial charge in [-0.15, -0.1) is 0 Å². The van der Waals surface area contributed by atoms with Crippen molar-refractivity contribution >= 4 is 51.5 Å². The molecule has 222 valence electrons. The molecule has 0 radical (unpaired) electrons. The molecular weight excluding hydrogens is 536 g/mol. The van der Waals surface area contributed by atoms with Crippen LogP contribution in [-0.2, 0) is 19.2 Å². The second kappa shape index (κ2) is 17.6. The summed E-state index contributed by atoms with van der Waals surface area (Å²) in [4.78, 5) is 48.8. The van der Waals surface area contributed by atoms with E-state index in [-0.39, 0.29) is 0 Å². The summed E-state index contributed by atoms with van der Waals surface area (Å²) in [6, 6.07) is 6.13. The van der Waals surface area contributed by atoms with Gasteiger partial charge in [-0.2, -0.15) is 0 Å². The number of benzene rings is 1. The quantitative estimate of drug-likeness (QED) is 0.136. The topological polar surface area (TPSA) is 202 Å². The number of fused-ring (bicyclic) bond motifs is 3. The van der Waals surface area contributed by atoms with Crippen LogP contribution in [0.5, 0.6) is 5.75 Å². The molecule has 41 heavy (non-hydrogen) atoms. The highest BCUT2D eigenvalue weighted by molar-refractivity contribution is 6.13. The number of hydrogen-bond acceptors (Lipinski definition) is 8. The maximum atomic E-state index is 9.55. The van der Waals surface area contributed by atoms with Crippen LogP contribution < -0.4 is 10.1 Å². The van der Waals surface area contributed by atoms with Gasteiger partial charge in [-0.3, -0.25) is 0 Å². The molecule has 2 heterocycles. The van der Waals surface area contributed by atoms with E-state index in [1.54, 1.807) is 7.11 Å². The molecule has 13 nitrogen and oxygen atoms in total. The number of carboxylic acid groups (broad SMARTS) is 4. The van der Waals surface area contributed by atoms with E-state index < -0.39 is 23.9 Å². The fraction of sp³-hybridized carbons (Fsp3) is 0.321. The highest BCUT2D eigenvalue weighted by Crippen LogP contribution is 2.34. The first-order chi connectivity index (χ1) is 19.4. The fourth-order valence-electron chi connectivity index (χ4n) is 3.60. The summed E-state index contributed by atoms with van der Waals surface area (Å²) in [5.41, 5.74) is 3.40. The van der Waals surface area contributed by atoms with Crippen molar-refractivity contribution in [1.82, 2.24) is 14.9 Å². The minimum Gasteiger partial charge on any atom is -0.497 e. The minimum absolute atomic E-state index is 0.558. The average Bonchev–Trinajstić information content (AvgIpc) is 3.32. The third-order valence-electron chi connectivity index (χ3n) is 5.60. The fourth-order valence-corrected chi connectivity index (χ4v) is 3.60. The number of aliphatic carboxylic acids is 4. The predicted molar refractivity (Wildman–Crippen MR) is 155 cm³/mol. The maximum absolute atomic E-state index is 9.55. The maximum Gasteiger partial charge on any atom is 0.328 e. The van der Waals surface area contributed by atoms with E-state index in [4.69, 9.17) is 25.2 Å². The van der Waals surface area contributed by atoms with Gasteiger partial charge in [0.2, 0.25) is 0 Å². The Hall–Kier alpha value is -4.91. The predicted octanol–water partition coefficient (Wildman–Crippen LogP) is 3.60. The molecule has 13 heteroatoms. The van der Waals surface area contributed by atoms with Gasteiger partial charge in [0.15, 0.2) is 0 Å². The lowest BCUT2D eigenvalue weighted by molar-refractivity contribution is -0.134. The molecule has 0 fully saturated rings. The van der Waals surface area contributed by atoms with Gasteiger partial charge in [-0.05, 0) is 56.7 Å². The summed E-state index contributed by atoms with van der Waals surface area (Å²) in [7, 11) is 1.70. The van der Waals surface area contributed by atoms with Gasteiger partial charge in [0.25, 0.3) is 0 Å². The number of hydrogen-bond donors (Lipinski definition) is 6. The molecular formula is C28H36N4O9. The zero-order chi connectivity index (χ0) is 30.9. The number of anilines is 1. The van der Waals surface area contributed by atoms with Crippen molar-refractivity contribution in [3.63, 3.8) is 0 Å². The zero-order valence-electron chi connectivity index (χ0n) is 23.4. The molecule has 0 saturated carbocycles. The summed E-state index contributed by atoms with van der Waals surface area (Å²) >= 11 is 0. The number of rotatable bonds is 12. The Labute approximate surface area is 236 Å². The molecule has 3 aromatic rings. The van der Waals surface area contributed by atoms with Crippen molar-refractivity contribution in [2.24, 2.45) is 0 Å². The lowest BCUT2D eigenvalue weighted by Crippen LogP contribution is -2.25. The van der Waals surface area contributed by atoms with E-state index >= 15 is 0 Å². The number of aryl methyl sites for hydroxylation is 1. The molecule has 0 atom stereocenters. The van der Waals surface area contributed by atoms with E-state index in [1.165, 1.54) is 0 Å². The van der Waals surface area contributed by atoms with Crippen LogP contribution in [0.1, 0.15) is 25.8 Å². The lowest BCUT2D eigenvalue weighted by atomic mass is 10.1. The summed E-state index contributed by atoms with van der Waals surface area (Å²) in [6.07, 6.45) is 5.27. The van der Waals surface area contributed by atoms with Gasteiger partial charge < -0.3 is 40.4 Å². The molecule has 1 aromatic carbocycles. The largest absolute Gasteiger partial charge is 0.497 e. The van der Waals surface area contributed by atoms with Crippen molar-refractivity contribution in [3.8, 4) is 5.75 Å². The van der Waals surface area contributed by atoms with Crippen molar-refractivity contribution in [1.29, 1.82) is 0 Å². The third kappa shape index (κ3) is 12.2. The highest BCUT2D eigenvalue weighted by atomic mass is 16.5. The Morgan fingerprint density at radius 1 is 0.951 bits per heavy atom. The Bertz CT molecular complexity index is 1330. The highest BCUT2D eigenvalue weighted by Gasteiger charge is 2.13. The van der Waals surface area contributed by atoms with Crippen LogP contribution in [0.2, 0.25) is 0 Å². The molecule has 0 spiro atoms. The standard InChI is InChI=1S/C20H28N4O.2C4H4O4/c1-5-24(6-2)11-7-10-21-20-18-16-12-15(25-4)8-9-17(16)23-19(18)14(3)13-22-20;2*5-3(6)1-2-4(7)8/h8-9,12-13,23H,5-7,10-11H2,1-4H3,(H,21,22);2*1-2H,(H,5,6)(H,7,8)/b;2*2-1+. The Morgan fingerprint density at radius 3 is 1.95 bits per heavy atom. The van der Waals surface area contributed by atoms with Crippen molar-refractivity contribution < 1.29 is 44.3 Å². The summed E-state index contributed by atoms with van der Waals surface area (Å²) in [6.45, 7) is 10.7. The van der Waals surface area contributed by atoms with Crippen LogP contribution >= 0.6 is 0 Å². The van der Waals surface area contributed by atoms with E-state index in [2.05, 4.69) is 53.1 Å². The van der Waals surface area contributed by atoms with Crippen LogP contribution in [0.4, 0.5) is 5.82 Å². The van der Waals surface area contributed by atoms with Crippen molar-refractivity contribution in [2.45, 2.75) is 27.2 Å². The molecule has 0 aliphatic rings. The molecule has 0 bridgehead atoms. The van der Waals surface area contributed by atoms with E-state index in [0.29, 0.717) is 24.3 Å². The first-order valence-electron chi connectivity index (χ1n) is 12.6. The SMILES string of the molecule is CCN(CC)CCCNc1ncc(C)c2[nH]c3ccc(OC)cc3c12.O=C(O)/C=C/C(=O)O.O=C(O)/C=C/C(=O)O. The number of nitrogens with one attached hydrogen (secondary N) is 2. The van der Waals surface area contributed by atoms with Gasteiger partial charge in [0.1, 0.15) is 11.6 Å². The summed E-state index contributed by atoms with van der Waals surface area (Å²) in [5, 5.41) is 37.1. The number of pyridine rings is 1. The second-order valence-electron chi connectivity index (χ2n) is 8.40. The third-order valence-corrected chi connectivity index (χ3v) is 5.60. The van der Waals surface area contributed by atoms with Crippen molar-refractivity contribution in [2.75, 3.05) is 38.6 Å². The number of ether oxygens (including phenoxy) is 1. The number of carbonyl (C=O) groups is 4. The van der Waals surface area contributed by atoms with E-state index in [0.717, 1.165) is 71.5 Å². The van der Waals surface area contributed by atoms with Crippen LogP contribution in [0.3, 0.4) is 0 Å². The molecule has 0 aliphatic heterocycles. The Balaban J connectivity index is 0.000000433. The number of carboxylic acids is 4. The lowest BCUT2D eigenvalue weighted by Gasteiger charge is -2.18. The molecule has 6 N–H and O–H groups in total. The molecule has 0 amide bonds. The van der Waals surface area contributed by atoms with Gasteiger partial charge in [0, 0.05) is 47.9 Å². The zero-order valence-corrected chi connectivity index (χ0v) is 23.4. The Morgan fingerprint density at radius 2 is 1.49 bits per heavy atom. The molecule has 2 aromatic heterocycles. The first-order valence-corrected chi connectivity index (χ1v) is 12.6. The van der Waals surface area contributed by atoms with Gasteiger partial charge in [-0.25, -0.2) is 24.2 Å². The summed E-state index contributed by atoms with van der Waals surface area (Å²) in [5.74, 6) is -3.22. The monoisotopic (exact) mass is 572 g/mol. The molecule has 0 unspecified atom stereocenters.